The Kier molecular flexibility index (Phi) is 4.52. The van der Waals surface area contributed by atoms with Gasteiger partial charge < -0.3 is 16.2 Å². The van der Waals surface area contributed by atoms with E-state index in [4.69, 9.17) is 21.2 Å². The molecule has 0 saturated heterocycles. The second-order valence-electron chi connectivity index (χ2n) is 8.24. The summed E-state index contributed by atoms with van der Waals surface area (Å²) in [6, 6.07) is 20.2. The van der Waals surface area contributed by atoms with Crippen molar-refractivity contribution in [1.29, 1.82) is 0 Å². The number of hydrogen-bond donors (Lipinski definition) is 2. The lowest BCUT2D eigenvalue weighted by Crippen LogP contribution is -2.43. The van der Waals surface area contributed by atoms with Crippen LogP contribution in [0, 0.1) is 6.92 Å². The van der Waals surface area contributed by atoms with E-state index >= 15 is 0 Å². The highest BCUT2D eigenvalue weighted by Gasteiger charge is 2.34. The number of benzene rings is 2. The SMILES string of the molecule is Cc1cc(OC(N)=O)cn2c(-c3ccccc3)c(-c3ccc(C4(N)CCC4)cc3)nc12. The predicted octanol–water partition coefficient (Wildman–Crippen LogP) is 4.77. The Hall–Kier alpha value is -3.64. The van der Waals surface area contributed by atoms with E-state index in [0.717, 1.165) is 46.6 Å². The molecule has 0 bridgehead atoms. The number of nitrogens with zero attached hydrogens (tertiary/aromatic N) is 2. The lowest BCUT2D eigenvalue weighted by Gasteiger charge is -2.38. The van der Waals surface area contributed by atoms with Gasteiger partial charge in [0.1, 0.15) is 11.4 Å². The number of hydrogen-bond acceptors (Lipinski definition) is 4. The molecule has 0 radical (unpaired) electrons. The zero-order valence-corrected chi connectivity index (χ0v) is 17.3. The molecule has 0 spiro atoms. The van der Waals surface area contributed by atoms with E-state index in [1.165, 1.54) is 12.0 Å². The number of rotatable bonds is 4. The fourth-order valence-corrected chi connectivity index (χ4v) is 4.33. The molecule has 1 fully saturated rings. The summed E-state index contributed by atoms with van der Waals surface area (Å²) in [7, 11) is 0. The molecular formula is C25H24N4O2. The minimum atomic E-state index is -0.845. The number of nitrogens with two attached hydrogens (primary N) is 2. The van der Waals surface area contributed by atoms with Gasteiger partial charge in [0.25, 0.3) is 0 Å². The number of pyridine rings is 1. The van der Waals surface area contributed by atoms with Crippen LogP contribution in [0.4, 0.5) is 4.79 Å². The van der Waals surface area contributed by atoms with Gasteiger partial charge in [-0.1, -0.05) is 54.6 Å². The summed E-state index contributed by atoms with van der Waals surface area (Å²) in [5, 5.41) is 0. The van der Waals surface area contributed by atoms with Crippen LogP contribution in [0.5, 0.6) is 5.75 Å². The Morgan fingerprint density at radius 3 is 2.39 bits per heavy atom. The summed E-state index contributed by atoms with van der Waals surface area (Å²) in [6.07, 6.45) is 4.14. The van der Waals surface area contributed by atoms with Gasteiger partial charge in [-0.15, -0.1) is 0 Å². The molecule has 1 aliphatic carbocycles. The van der Waals surface area contributed by atoms with Crippen molar-refractivity contribution < 1.29 is 9.53 Å². The zero-order chi connectivity index (χ0) is 21.6. The van der Waals surface area contributed by atoms with Crippen molar-refractivity contribution in [2.24, 2.45) is 11.5 Å². The number of carbonyl (C=O) groups excluding carboxylic acids is 1. The molecule has 1 amide bonds. The number of fused-ring (bicyclic) bond motifs is 1. The molecule has 2 heterocycles. The van der Waals surface area contributed by atoms with E-state index in [1.807, 2.05) is 41.7 Å². The van der Waals surface area contributed by atoms with Crippen LogP contribution in [-0.4, -0.2) is 15.5 Å². The smallest absolute Gasteiger partial charge is 0.409 e. The van der Waals surface area contributed by atoms with Crippen molar-refractivity contribution in [2.75, 3.05) is 0 Å². The molecule has 4 aromatic rings. The minimum absolute atomic E-state index is 0.197. The molecule has 5 rings (SSSR count). The first kappa shape index (κ1) is 19.3. The maximum absolute atomic E-state index is 11.3. The number of aromatic nitrogens is 2. The van der Waals surface area contributed by atoms with Crippen LogP contribution in [0.3, 0.4) is 0 Å². The normalized spacial score (nSPS) is 14.9. The lowest BCUT2D eigenvalue weighted by atomic mass is 9.72. The lowest BCUT2D eigenvalue weighted by molar-refractivity contribution is 0.210. The molecule has 1 saturated carbocycles. The van der Waals surface area contributed by atoms with Gasteiger partial charge in [0.2, 0.25) is 0 Å². The van der Waals surface area contributed by atoms with Crippen LogP contribution in [-0.2, 0) is 5.54 Å². The Morgan fingerprint density at radius 2 is 1.77 bits per heavy atom. The van der Waals surface area contributed by atoms with Crippen LogP contribution in [0.25, 0.3) is 28.2 Å². The summed E-state index contributed by atoms with van der Waals surface area (Å²) in [5.41, 5.74) is 18.2. The predicted molar refractivity (Wildman–Crippen MR) is 121 cm³/mol. The fourth-order valence-electron chi connectivity index (χ4n) is 4.33. The molecule has 0 atom stereocenters. The third-order valence-electron chi connectivity index (χ3n) is 6.12. The van der Waals surface area contributed by atoms with Crippen molar-refractivity contribution in [3.8, 4) is 28.3 Å². The summed E-state index contributed by atoms with van der Waals surface area (Å²) in [5.74, 6) is 0.379. The molecule has 6 nitrogen and oxygen atoms in total. The number of amides is 1. The Bertz CT molecular complexity index is 1270. The Balaban J connectivity index is 1.70. The molecule has 0 aliphatic heterocycles. The first-order chi connectivity index (χ1) is 14.9. The third-order valence-corrected chi connectivity index (χ3v) is 6.12. The Morgan fingerprint density at radius 1 is 1.06 bits per heavy atom. The van der Waals surface area contributed by atoms with Gasteiger partial charge in [-0.25, -0.2) is 9.78 Å². The number of aryl methyl sites for hydroxylation is 1. The molecule has 31 heavy (non-hydrogen) atoms. The second-order valence-corrected chi connectivity index (χ2v) is 8.24. The molecule has 2 aromatic carbocycles. The largest absolute Gasteiger partial charge is 0.410 e. The number of imidazole rings is 1. The fraction of sp³-hybridized carbons (Fsp3) is 0.200. The van der Waals surface area contributed by atoms with Crippen LogP contribution in [0.15, 0.2) is 66.9 Å². The van der Waals surface area contributed by atoms with E-state index in [0.29, 0.717) is 5.75 Å². The van der Waals surface area contributed by atoms with Gasteiger partial charge in [-0.2, -0.15) is 0 Å². The van der Waals surface area contributed by atoms with Gasteiger partial charge in [0, 0.05) is 16.7 Å². The molecule has 156 valence electrons. The van der Waals surface area contributed by atoms with Gasteiger partial charge >= 0.3 is 6.09 Å². The summed E-state index contributed by atoms with van der Waals surface area (Å²) < 4.78 is 7.12. The first-order valence-electron chi connectivity index (χ1n) is 10.4. The summed E-state index contributed by atoms with van der Waals surface area (Å²) >= 11 is 0. The molecule has 6 heteroatoms. The first-order valence-corrected chi connectivity index (χ1v) is 10.4. The highest BCUT2D eigenvalue weighted by atomic mass is 16.5. The van der Waals surface area contributed by atoms with Crippen LogP contribution >= 0.6 is 0 Å². The van der Waals surface area contributed by atoms with Crippen LogP contribution < -0.4 is 16.2 Å². The number of primary amides is 1. The molecule has 4 N–H and O–H groups in total. The van der Waals surface area contributed by atoms with Crippen LogP contribution in [0.2, 0.25) is 0 Å². The van der Waals surface area contributed by atoms with E-state index in [2.05, 4.69) is 24.3 Å². The van der Waals surface area contributed by atoms with E-state index in [9.17, 15) is 4.79 Å². The van der Waals surface area contributed by atoms with Gasteiger partial charge in [0.15, 0.2) is 0 Å². The minimum Gasteiger partial charge on any atom is -0.409 e. The molecule has 0 unspecified atom stereocenters. The zero-order valence-electron chi connectivity index (χ0n) is 17.3. The highest BCUT2D eigenvalue weighted by Crippen LogP contribution is 2.40. The van der Waals surface area contributed by atoms with Crippen molar-refractivity contribution >= 4 is 11.7 Å². The van der Waals surface area contributed by atoms with Gasteiger partial charge in [-0.3, -0.25) is 4.40 Å². The number of carbonyl (C=O) groups is 1. The van der Waals surface area contributed by atoms with Crippen molar-refractivity contribution in [3.63, 3.8) is 0 Å². The Labute approximate surface area is 180 Å². The van der Waals surface area contributed by atoms with Crippen LogP contribution in [0.1, 0.15) is 30.4 Å². The average molecular weight is 412 g/mol. The monoisotopic (exact) mass is 412 g/mol. The number of ether oxygens (including phenoxy) is 1. The summed E-state index contributed by atoms with van der Waals surface area (Å²) in [4.78, 5) is 16.3. The maximum atomic E-state index is 11.3. The summed E-state index contributed by atoms with van der Waals surface area (Å²) in [6.45, 7) is 1.94. The van der Waals surface area contributed by atoms with E-state index < -0.39 is 6.09 Å². The molecule has 2 aromatic heterocycles. The van der Waals surface area contributed by atoms with Crippen molar-refractivity contribution in [2.45, 2.75) is 31.7 Å². The van der Waals surface area contributed by atoms with Crippen molar-refractivity contribution in [1.82, 2.24) is 9.38 Å². The second kappa shape index (κ2) is 7.25. The standard InChI is InChI=1S/C25H24N4O2/c1-16-14-20(31-24(26)30)15-29-22(18-6-3-2-4-7-18)21(28-23(16)29)17-8-10-19(11-9-17)25(27)12-5-13-25/h2-4,6-11,14-15H,5,12-13,27H2,1H3,(H2,26,30). The van der Waals surface area contributed by atoms with E-state index in [1.54, 1.807) is 12.3 Å². The average Bonchev–Trinajstić information content (AvgIpc) is 3.12. The quantitative estimate of drug-likeness (QED) is 0.505. The topological polar surface area (TPSA) is 95.6 Å². The van der Waals surface area contributed by atoms with Gasteiger partial charge in [-0.05, 0) is 43.4 Å². The van der Waals surface area contributed by atoms with Crippen molar-refractivity contribution in [3.05, 3.63) is 78.0 Å². The van der Waals surface area contributed by atoms with E-state index in [-0.39, 0.29) is 5.54 Å². The maximum Gasteiger partial charge on any atom is 0.410 e. The third kappa shape index (κ3) is 3.35. The highest BCUT2D eigenvalue weighted by molar-refractivity contribution is 5.83. The molecule has 1 aliphatic rings. The van der Waals surface area contributed by atoms with Gasteiger partial charge in [0.05, 0.1) is 17.6 Å². The molecular weight excluding hydrogens is 388 g/mol.